The van der Waals surface area contributed by atoms with Crippen LogP contribution < -0.4 is 21.5 Å². The van der Waals surface area contributed by atoms with Crippen molar-refractivity contribution in [1.82, 2.24) is 15.0 Å². The van der Waals surface area contributed by atoms with Crippen molar-refractivity contribution in [3.8, 4) is 0 Å². The van der Waals surface area contributed by atoms with Crippen LogP contribution in [0.1, 0.15) is 0 Å². The second-order valence-electron chi connectivity index (χ2n) is 4.52. The number of hydrogen-bond donors (Lipinski definition) is 3. The van der Waals surface area contributed by atoms with Crippen molar-refractivity contribution in [2.24, 2.45) is 5.84 Å². The van der Waals surface area contributed by atoms with Crippen LogP contribution in [0.3, 0.4) is 0 Å². The molecule has 0 saturated carbocycles. The smallest absolute Gasteiger partial charge is 0.243 e. The zero-order chi connectivity index (χ0) is 14.5. The number of morpholine rings is 1. The lowest BCUT2D eigenvalue weighted by Gasteiger charge is -2.27. The van der Waals surface area contributed by atoms with Gasteiger partial charge in [-0.15, -0.1) is 0 Å². The fourth-order valence-electron chi connectivity index (χ4n) is 2.04. The molecule has 0 bridgehead atoms. The van der Waals surface area contributed by atoms with Crippen LogP contribution >= 0.6 is 0 Å². The van der Waals surface area contributed by atoms with Gasteiger partial charge in [0.25, 0.3) is 0 Å². The summed E-state index contributed by atoms with van der Waals surface area (Å²) in [5.41, 5.74) is 3.37. The number of hydrogen-bond acceptors (Lipinski definition) is 8. The van der Waals surface area contributed by atoms with E-state index in [0.717, 1.165) is 18.8 Å². The van der Waals surface area contributed by atoms with Crippen molar-refractivity contribution in [1.29, 1.82) is 0 Å². The highest BCUT2D eigenvalue weighted by atomic mass is 16.5. The van der Waals surface area contributed by atoms with Crippen molar-refractivity contribution in [3.05, 3.63) is 30.3 Å². The average Bonchev–Trinajstić information content (AvgIpc) is 2.56. The normalized spacial score (nSPS) is 14.8. The molecule has 1 aliphatic heterocycles. The van der Waals surface area contributed by atoms with E-state index in [4.69, 9.17) is 10.6 Å². The topological polar surface area (TPSA) is 101 Å². The Balaban J connectivity index is 1.85. The first-order valence-corrected chi connectivity index (χ1v) is 6.72. The molecule has 0 radical (unpaired) electrons. The molecular formula is C13H17N7O. The van der Waals surface area contributed by atoms with E-state index in [1.165, 1.54) is 0 Å². The Labute approximate surface area is 122 Å². The first-order valence-electron chi connectivity index (χ1n) is 6.72. The zero-order valence-electron chi connectivity index (χ0n) is 11.5. The quantitative estimate of drug-likeness (QED) is 0.559. The summed E-state index contributed by atoms with van der Waals surface area (Å²) in [7, 11) is 0. The highest BCUT2D eigenvalue weighted by Crippen LogP contribution is 2.17. The molecule has 0 spiro atoms. The van der Waals surface area contributed by atoms with Gasteiger partial charge in [-0.3, -0.25) is 5.43 Å². The van der Waals surface area contributed by atoms with Crippen LogP contribution in [-0.4, -0.2) is 41.3 Å². The van der Waals surface area contributed by atoms with Crippen LogP contribution in [-0.2, 0) is 4.74 Å². The number of ether oxygens (including phenoxy) is 1. The molecule has 1 fully saturated rings. The average molecular weight is 287 g/mol. The molecule has 21 heavy (non-hydrogen) atoms. The van der Waals surface area contributed by atoms with E-state index in [1.54, 1.807) is 0 Å². The summed E-state index contributed by atoms with van der Waals surface area (Å²) in [6.07, 6.45) is 0. The van der Waals surface area contributed by atoms with Crippen LogP contribution in [0.5, 0.6) is 0 Å². The number of rotatable bonds is 4. The van der Waals surface area contributed by atoms with Gasteiger partial charge in [-0.2, -0.15) is 15.0 Å². The highest BCUT2D eigenvalue weighted by molar-refractivity contribution is 5.55. The Morgan fingerprint density at radius 3 is 2.43 bits per heavy atom. The Kier molecular flexibility index (Phi) is 4.08. The minimum absolute atomic E-state index is 0.324. The standard InChI is InChI=1S/C13H17N7O/c14-19-12-16-11(15-10-4-2-1-3-5-10)17-13(18-12)20-6-8-21-9-7-20/h1-5H,6-9,14H2,(H2,15,16,17,18,19). The van der Waals surface area contributed by atoms with Crippen LogP contribution in [0.15, 0.2) is 30.3 Å². The molecule has 0 aliphatic carbocycles. The predicted molar refractivity (Wildman–Crippen MR) is 80.4 cm³/mol. The lowest BCUT2D eigenvalue weighted by Crippen LogP contribution is -2.37. The first-order chi connectivity index (χ1) is 10.3. The number of nitrogens with zero attached hydrogens (tertiary/aromatic N) is 4. The van der Waals surface area contributed by atoms with E-state index in [9.17, 15) is 0 Å². The lowest BCUT2D eigenvalue weighted by atomic mass is 10.3. The van der Waals surface area contributed by atoms with Crippen LogP contribution in [0.2, 0.25) is 0 Å². The number of para-hydroxylation sites is 1. The molecule has 0 amide bonds. The van der Waals surface area contributed by atoms with Gasteiger partial charge in [0.2, 0.25) is 17.8 Å². The van der Waals surface area contributed by atoms with Gasteiger partial charge in [-0.1, -0.05) is 18.2 Å². The molecule has 8 heteroatoms. The summed E-state index contributed by atoms with van der Waals surface area (Å²) in [6, 6.07) is 9.70. The van der Waals surface area contributed by atoms with Crippen molar-refractivity contribution >= 4 is 23.5 Å². The summed E-state index contributed by atoms with van der Waals surface area (Å²) in [5, 5.41) is 3.14. The third-order valence-electron chi connectivity index (χ3n) is 3.08. The molecule has 2 aromatic rings. The summed E-state index contributed by atoms with van der Waals surface area (Å²) in [6.45, 7) is 2.83. The van der Waals surface area contributed by atoms with Crippen molar-refractivity contribution in [3.63, 3.8) is 0 Å². The van der Waals surface area contributed by atoms with Crippen LogP contribution in [0.4, 0.5) is 23.5 Å². The molecule has 110 valence electrons. The summed E-state index contributed by atoms with van der Waals surface area (Å²) in [5.74, 6) is 6.79. The van der Waals surface area contributed by atoms with Gasteiger partial charge < -0.3 is 15.0 Å². The van der Waals surface area contributed by atoms with E-state index in [2.05, 4.69) is 25.7 Å². The highest BCUT2D eigenvalue weighted by Gasteiger charge is 2.16. The van der Waals surface area contributed by atoms with Crippen LogP contribution in [0, 0.1) is 0 Å². The Morgan fingerprint density at radius 1 is 1.00 bits per heavy atom. The number of aromatic nitrogens is 3. The fraction of sp³-hybridized carbons (Fsp3) is 0.308. The molecule has 2 heterocycles. The van der Waals surface area contributed by atoms with Gasteiger partial charge >= 0.3 is 0 Å². The maximum atomic E-state index is 5.44. The van der Waals surface area contributed by atoms with E-state index in [1.807, 2.05) is 35.2 Å². The van der Waals surface area contributed by atoms with Crippen molar-refractivity contribution in [2.75, 3.05) is 41.9 Å². The molecular weight excluding hydrogens is 270 g/mol. The summed E-state index contributed by atoms with van der Waals surface area (Å²) in [4.78, 5) is 15.0. The van der Waals surface area contributed by atoms with Crippen molar-refractivity contribution < 1.29 is 4.74 Å². The Bertz CT molecular complexity index is 586. The molecule has 1 aliphatic rings. The van der Waals surface area contributed by atoms with E-state index < -0.39 is 0 Å². The number of nitrogens with one attached hydrogen (secondary N) is 2. The van der Waals surface area contributed by atoms with E-state index >= 15 is 0 Å². The molecule has 1 saturated heterocycles. The molecule has 3 rings (SSSR count). The Hall–Kier alpha value is -2.45. The maximum Gasteiger partial charge on any atom is 0.243 e. The lowest BCUT2D eigenvalue weighted by molar-refractivity contribution is 0.122. The number of benzene rings is 1. The van der Waals surface area contributed by atoms with Gasteiger partial charge in [-0.25, -0.2) is 5.84 Å². The van der Waals surface area contributed by atoms with Crippen molar-refractivity contribution in [2.45, 2.75) is 0 Å². The second-order valence-corrected chi connectivity index (χ2v) is 4.52. The third-order valence-corrected chi connectivity index (χ3v) is 3.08. The number of anilines is 4. The molecule has 8 nitrogen and oxygen atoms in total. The van der Waals surface area contributed by atoms with Gasteiger partial charge in [0, 0.05) is 18.8 Å². The minimum atomic E-state index is 0.324. The molecule has 0 unspecified atom stereocenters. The first kappa shape index (κ1) is 13.5. The predicted octanol–water partition coefficient (Wildman–Crippen LogP) is 0.737. The third kappa shape index (κ3) is 3.36. The molecule has 4 N–H and O–H groups in total. The molecule has 1 aromatic carbocycles. The van der Waals surface area contributed by atoms with Gasteiger partial charge in [0.05, 0.1) is 13.2 Å². The molecule has 1 aromatic heterocycles. The molecule has 0 atom stereocenters. The summed E-state index contributed by atoms with van der Waals surface area (Å²) < 4.78 is 5.33. The monoisotopic (exact) mass is 287 g/mol. The minimum Gasteiger partial charge on any atom is -0.378 e. The van der Waals surface area contributed by atoms with Gasteiger partial charge in [-0.05, 0) is 12.1 Å². The number of nitrogen functional groups attached to an aromatic ring is 1. The summed E-state index contributed by atoms with van der Waals surface area (Å²) >= 11 is 0. The van der Waals surface area contributed by atoms with Gasteiger partial charge in [0.1, 0.15) is 0 Å². The van der Waals surface area contributed by atoms with Crippen LogP contribution in [0.25, 0.3) is 0 Å². The second kappa shape index (κ2) is 6.33. The SMILES string of the molecule is NNc1nc(Nc2ccccc2)nc(N2CCOCC2)n1. The number of hydrazine groups is 1. The Morgan fingerprint density at radius 2 is 1.71 bits per heavy atom. The number of nitrogens with two attached hydrogens (primary N) is 1. The zero-order valence-corrected chi connectivity index (χ0v) is 11.5. The fourth-order valence-corrected chi connectivity index (χ4v) is 2.04. The largest absolute Gasteiger partial charge is 0.378 e. The van der Waals surface area contributed by atoms with E-state index in [0.29, 0.717) is 31.1 Å². The maximum absolute atomic E-state index is 5.44. The van der Waals surface area contributed by atoms with Gasteiger partial charge in [0.15, 0.2) is 0 Å². The van der Waals surface area contributed by atoms with E-state index in [-0.39, 0.29) is 0 Å².